The Morgan fingerprint density at radius 3 is 2.62 bits per heavy atom. The van der Waals surface area contributed by atoms with E-state index in [4.69, 9.17) is 5.73 Å². The van der Waals surface area contributed by atoms with Crippen molar-refractivity contribution in [2.75, 3.05) is 0 Å². The minimum atomic E-state index is 1.08. The summed E-state index contributed by atoms with van der Waals surface area (Å²) in [6.07, 6.45) is 5.06. The summed E-state index contributed by atoms with van der Waals surface area (Å²) in [4.78, 5) is 3.12. The molecule has 0 saturated heterocycles. The molecule has 0 aromatic heterocycles. The van der Waals surface area contributed by atoms with Gasteiger partial charge in [0.2, 0.25) is 5.69 Å². The van der Waals surface area contributed by atoms with Gasteiger partial charge < -0.3 is 5.73 Å². The van der Waals surface area contributed by atoms with Crippen molar-refractivity contribution in [3.05, 3.63) is 41.6 Å². The monoisotopic (exact) mass is 175 g/mol. The van der Waals surface area contributed by atoms with Crippen molar-refractivity contribution in [1.82, 2.24) is 0 Å². The van der Waals surface area contributed by atoms with Gasteiger partial charge in [-0.05, 0) is 31.2 Å². The zero-order chi connectivity index (χ0) is 9.68. The topological polar surface area (TPSA) is 40.0 Å². The summed E-state index contributed by atoms with van der Waals surface area (Å²) < 4.78 is 0. The highest BCUT2D eigenvalue weighted by Gasteiger charge is 1.96. The average molecular weight is 175 g/mol. The molecule has 1 rings (SSSR count). The Morgan fingerprint density at radius 2 is 2.00 bits per heavy atom. The lowest BCUT2D eigenvalue weighted by Gasteiger charge is -1.95. The Labute approximate surface area is 78.8 Å². The second-order valence-electron chi connectivity index (χ2n) is 2.99. The molecule has 0 radical (unpaired) electrons. The molecule has 1 aromatic rings. The van der Waals surface area contributed by atoms with E-state index in [1.165, 1.54) is 17.3 Å². The van der Waals surface area contributed by atoms with Gasteiger partial charge in [-0.15, -0.1) is 0 Å². The summed E-state index contributed by atoms with van der Waals surface area (Å²) in [5, 5.41) is 0. The van der Waals surface area contributed by atoms with Crippen LogP contribution < -0.4 is 10.7 Å². The molecule has 68 valence electrons. The number of nitrogens with two attached hydrogens (primary N) is 1. The van der Waals surface area contributed by atoms with Crippen molar-refractivity contribution in [2.45, 2.75) is 13.8 Å². The van der Waals surface area contributed by atoms with Crippen LogP contribution >= 0.6 is 0 Å². The quantitative estimate of drug-likeness (QED) is 0.633. The molecule has 13 heavy (non-hydrogen) atoms. The Bertz CT molecular complexity index is 338. The van der Waals surface area contributed by atoms with Gasteiger partial charge in [0.05, 0.1) is 0 Å². The van der Waals surface area contributed by atoms with E-state index < -0.39 is 0 Å². The lowest BCUT2D eigenvalue weighted by atomic mass is 10.1. The van der Waals surface area contributed by atoms with Gasteiger partial charge in [0.1, 0.15) is 0 Å². The van der Waals surface area contributed by atoms with Crippen molar-refractivity contribution in [3.8, 4) is 0 Å². The van der Waals surface area contributed by atoms with Gasteiger partial charge in [0.15, 0.2) is 6.21 Å². The van der Waals surface area contributed by atoms with Crippen molar-refractivity contribution >= 4 is 11.9 Å². The average Bonchev–Trinajstić information content (AvgIpc) is 2.12. The molecule has 0 amide bonds. The second-order valence-corrected chi connectivity index (χ2v) is 2.99. The normalized spacial score (nSPS) is 11.5. The molecule has 0 aliphatic heterocycles. The SMILES string of the molecule is Cc1ccc([NH+]=C/C=C\N)cc1C. The number of hydrogen-bond acceptors (Lipinski definition) is 1. The highest BCUT2D eigenvalue weighted by atomic mass is 14.7. The number of allylic oxidation sites excluding steroid dienone is 1. The molecule has 0 atom stereocenters. The summed E-state index contributed by atoms with van der Waals surface area (Å²) in [6.45, 7) is 4.20. The van der Waals surface area contributed by atoms with Crippen LogP contribution in [-0.2, 0) is 0 Å². The fraction of sp³-hybridized carbons (Fsp3) is 0.182. The maximum atomic E-state index is 5.19. The number of aryl methyl sites for hydroxylation is 2. The number of rotatable bonds is 2. The predicted molar refractivity (Wildman–Crippen MR) is 55.9 cm³/mol. The van der Waals surface area contributed by atoms with Gasteiger partial charge in [-0.2, -0.15) is 0 Å². The van der Waals surface area contributed by atoms with Crippen LogP contribution in [0.25, 0.3) is 0 Å². The molecule has 0 spiro atoms. The third-order valence-corrected chi connectivity index (χ3v) is 1.96. The van der Waals surface area contributed by atoms with Gasteiger partial charge in [0, 0.05) is 18.2 Å². The lowest BCUT2D eigenvalue weighted by molar-refractivity contribution is -0.346. The maximum absolute atomic E-state index is 5.19. The Balaban J connectivity index is 2.85. The second kappa shape index (κ2) is 4.45. The minimum absolute atomic E-state index is 1.08. The van der Waals surface area contributed by atoms with Crippen LogP contribution in [-0.4, -0.2) is 6.21 Å². The molecule has 0 bridgehead atoms. The standard InChI is InChI=1S/C11H14N2/c1-9-4-5-11(8-10(9)2)13-7-3-6-12/h3-8H,12H2,1-2H3/p+1/b6-3-,13-7?. The van der Waals surface area contributed by atoms with E-state index in [0.717, 1.165) is 5.69 Å². The molecule has 0 aliphatic rings. The van der Waals surface area contributed by atoms with Gasteiger partial charge in [0.25, 0.3) is 0 Å². The van der Waals surface area contributed by atoms with E-state index in [9.17, 15) is 0 Å². The highest BCUT2D eigenvalue weighted by molar-refractivity contribution is 5.66. The summed E-state index contributed by atoms with van der Waals surface area (Å²) in [6, 6.07) is 6.25. The largest absolute Gasteiger partial charge is 0.404 e. The van der Waals surface area contributed by atoms with E-state index in [-0.39, 0.29) is 0 Å². The first kappa shape index (κ1) is 9.52. The van der Waals surface area contributed by atoms with Crippen molar-refractivity contribution in [3.63, 3.8) is 0 Å². The molecule has 0 saturated carbocycles. The number of benzene rings is 1. The third kappa shape index (κ3) is 2.75. The number of hydrogen-bond donors (Lipinski definition) is 2. The van der Waals surface area contributed by atoms with Crippen LogP contribution in [0.15, 0.2) is 30.5 Å². The molecular weight excluding hydrogens is 160 g/mol. The molecule has 0 unspecified atom stereocenters. The molecule has 3 N–H and O–H groups in total. The fourth-order valence-corrected chi connectivity index (χ4v) is 1.03. The summed E-state index contributed by atoms with van der Waals surface area (Å²) in [5.41, 5.74) is 8.87. The molecule has 2 nitrogen and oxygen atoms in total. The summed E-state index contributed by atoms with van der Waals surface area (Å²) >= 11 is 0. The van der Waals surface area contributed by atoms with Crippen LogP contribution in [0.1, 0.15) is 11.1 Å². The van der Waals surface area contributed by atoms with Crippen molar-refractivity contribution < 1.29 is 4.99 Å². The molecule has 0 fully saturated rings. The molecule has 2 heteroatoms. The van der Waals surface area contributed by atoms with Crippen LogP contribution in [0.4, 0.5) is 5.69 Å². The van der Waals surface area contributed by atoms with Crippen molar-refractivity contribution in [2.24, 2.45) is 5.73 Å². The maximum Gasteiger partial charge on any atom is 0.203 e. The van der Waals surface area contributed by atoms with E-state index in [1.807, 2.05) is 12.3 Å². The highest BCUT2D eigenvalue weighted by Crippen LogP contribution is 2.08. The Kier molecular flexibility index (Phi) is 3.26. The first-order valence-electron chi connectivity index (χ1n) is 4.28. The van der Waals surface area contributed by atoms with E-state index >= 15 is 0 Å². The van der Waals surface area contributed by atoms with Gasteiger partial charge in [-0.25, -0.2) is 4.99 Å². The van der Waals surface area contributed by atoms with E-state index in [2.05, 4.69) is 31.0 Å². The number of nitrogens with one attached hydrogen (secondary N) is 1. The van der Waals surface area contributed by atoms with E-state index in [1.54, 1.807) is 6.08 Å². The Morgan fingerprint density at radius 1 is 1.23 bits per heavy atom. The smallest absolute Gasteiger partial charge is 0.203 e. The van der Waals surface area contributed by atoms with Gasteiger partial charge in [-0.1, -0.05) is 6.07 Å². The van der Waals surface area contributed by atoms with Crippen LogP contribution in [0, 0.1) is 13.8 Å². The zero-order valence-electron chi connectivity index (χ0n) is 8.04. The Hall–Kier alpha value is -1.57. The van der Waals surface area contributed by atoms with Crippen LogP contribution in [0.5, 0.6) is 0 Å². The molecular formula is C11H15N2+. The predicted octanol–water partition coefficient (Wildman–Crippen LogP) is 0.559. The fourth-order valence-electron chi connectivity index (χ4n) is 1.03. The van der Waals surface area contributed by atoms with Gasteiger partial charge >= 0.3 is 0 Å². The molecule has 0 heterocycles. The first-order chi connectivity index (χ1) is 6.24. The summed E-state index contributed by atoms with van der Waals surface area (Å²) in [5.74, 6) is 0. The molecule has 0 aliphatic carbocycles. The minimum Gasteiger partial charge on any atom is -0.404 e. The third-order valence-electron chi connectivity index (χ3n) is 1.96. The van der Waals surface area contributed by atoms with Crippen LogP contribution in [0.2, 0.25) is 0 Å². The van der Waals surface area contributed by atoms with E-state index in [0.29, 0.717) is 0 Å². The van der Waals surface area contributed by atoms with Crippen LogP contribution in [0.3, 0.4) is 0 Å². The van der Waals surface area contributed by atoms with Crippen molar-refractivity contribution in [1.29, 1.82) is 0 Å². The zero-order valence-corrected chi connectivity index (χ0v) is 8.04. The first-order valence-corrected chi connectivity index (χ1v) is 4.28. The lowest BCUT2D eigenvalue weighted by Crippen LogP contribution is -2.61. The van der Waals surface area contributed by atoms with Gasteiger partial charge in [-0.3, -0.25) is 0 Å². The summed E-state index contributed by atoms with van der Waals surface area (Å²) in [7, 11) is 0. The molecule has 1 aromatic carbocycles.